The number of nitrogens with two attached hydrogens (primary N) is 1. The third-order valence-electron chi connectivity index (χ3n) is 6.05. The van der Waals surface area contributed by atoms with Crippen LogP contribution in [-0.4, -0.2) is 17.5 Å². The zero-order valence-corrected chi connectivity index (χ0v) is 16.6. The van der Waals surface area contributed by atoms with Crippen LogP contribution in [0.1, 0.15) is 43.6 Å². The summed E-state index contributed by atoms with van der Waals surface area (Å²) in [6.45, 7) is 7.33. The Kier molecular flexibility index (Phi) is 6.47. The molecule has 0 aliphatic heterocycles. The van der Waals surface area contributed by atoms with E-state index >= 15 is 0 Å². The molecule has 2 aliphatic carbocycles. The van der Waals surface area contributed by atoms with Crippen molar-refractivity contribution >= 4 is 17.5 Å². The molecule has 5 heteroatoms. The highest BCUT2D eigenvalue weighted by Crippen LogP contribution is 2.40. The van der Waals surface area contributed by atoms with Gasteiger partial charge in [0.1, 0.15) is 5.70 Å². The first-order chi connectivity index (χ1) is 14.0. The van der Waals surface area contributed by atoms with Gasteiger partial charge in [0.05, 0.1) is 11.8 Å². The lowest BCUT2D eigenvalue weighted by molar-refractivity contribution is -0.135. The normalized spacial score (nSPS) is 27.0. The van der Waals surface area contributed by atoms with E-state index < -0.39 is 17.6 Å². The quantitative estimate of drug-likeness (QED) is 0.550. The minimum Gasteiger partial charge on any atom is -0.400 e. The summed E-state index contributed by atoms with van der Waals surface area (Å²) in [6, 6.07) is 9.97. The van der Waals surface area contributed by atoms with Crippen molar-refractivity contribution in [2.45, 2.75) is 38.0 Å². The summed E-state index contributed by atoms with van der Waals surface area (Å²) >= 11 is 0. The molecule has 2 aliphatic rings. The highest BCUT2D eigenvalue weighted by Gasteiger charge is 2.42. The molecule has 1 amide bonds. The van der Waals surface area contributed by atoms with Crippen LogP contribution in [0.4, 0.5) is 0 Å². The van der Waals surface area contributed by atoms with Gasteiger partial charge in [-0.25, -0.2) is 0 Å². The van der Waals surface area contributed by atoms with Crippen LogP contribution in [-0.2, 0) is 14.4 Å². The molecule has 0 radical (unpaired) electrons. The fourth-order valence-corrected chi connectivity index (χ4v) is 4.54. The molecular formula is C24H28N2O3. The molecule has 0 spiro atoms. The van der Waals surface area contributed by atoms with Gasteiger partial charge in [0.25, 0.3) is 0 Å². The van der Waals surface area contributed by atoms with E-state index in [-0.39, 0.29) is 41.3 Å². The van der Waals surface area contributed by atoms with E-state index in [4.69, 9.17) is 5.73 Å². The van der Waals surface area contributed by atoms with Crippen LogP contribution in [0.15, 0.2) is 67.0 Å². The van der Waals surface area contributed by atoms with E-state index in [0.29, 0.717) is 6.42 Å². The average molecular weight is 392 g/mol. The number of ketones is 2. The second-order valence-electron chi connectivity index (χ2n) is 7.79. The van der Waals surface area contributed by atoms with Gasteiger partial charge in [-0.15, -0.1) is 13.2 Å². The van der Waals surface area contributed by atoms with Crippen molar-refractivity contribution in [1.29, 1.82) is 0 Å². The van der Waals surface area contributed by atoms with E-state index in [2.05, 4.69) is 18.5 Å². The lowest BCUT2D eigenvalue weighted by Crippen LogP contribution is -2.46. The third-order valence-corrected chi connectivity index (χ3v) is 6.05. The van der Waals surface area contributed by atoms with Gasteiger partial charge >= 0.3 is 0 Å². The fourth-order valence-electron chi connectivity index (χ4n) is 4.54. The van der Waals surface area contributed by atoms with Crippen molar-refractivity contribution in [3.8, 4) is 0 Å². The van der Waals surface area contributed by atoms with Crippen LogP contribution >= 0.6 is 0 Å². The zero-order valence-electron chi connectivity index (χ0n) is 16.6. The Hall–Kier alpha value is -2.95. The second kappa shape index (κ2) is 9.03. The van der Waals surface area contributed by atoms with E-state index in [9.17, 15) is 14.4 Å². The molecule has 0 bridgehead atoms. The third kappa shape index (κ3) is 4.09. The van der Waals surface area contributed by atoms with E-state index in [1.807, 2.05) is 30.3 Å². The molecule has 2 unspecified atom stereocenters. The highest BCUT2D eigenvalue weighted by atomic mass is 16.2. The van der Waals surface area contributed by atoms with Gasteiger partial charge in [-0.05, 0) is 37.2 Å². The number of carbonyl (C=O) groups excluding carboxylic acids is 3. The summed E-state index contributed by atoms with van der Waals surface area (Å²) < 4.78 is 0. The molecule has 152 valence electrons. The standard InChI is InChI=1S/C24H28N2O3/c1-3-9-18-20(25)21(23(28)19(10-4-2)22(18)27)26-24(29)17-14-8-13-16(17)15-11-6-5-7-12-15/h3-7,11-12,16-19H,1-2,8-10,13-14,25H2,(H,26,29)/t16-,17+,18?,19?/m0/s1. The predicted octanol–water partition coefficient (Wildman–Crippen LogP) is 3.39. The number of benzene rings is 1. The second-order valence-corrected chi connectivity index (χ2v) is 7.79. The van der Waals surface area contributed by atoms with Crippen LogP contribution in [0.5, 0.6) is 0 Å². The van der Waals surface area contributed by atoms with Crippen LogP contribution < -0.4 is 11.1 Å². The molecule has 1 aromatic carbocycles. The molecule has 0 heterocycles. The van der Waals surface area contributed by atoms with Crippen LogP contribution in [0, 0.1) is 17.8 Å². The number of rotatable bonds is 7. The molecule has 4 atom stereocenters. The molecular weight excluding hydrogens is 364 g/mol. The van der Waals surface area contributed by atoms with Crippen LogP contribution in [0.3, 0.4) is 0 Å². The number of carbonyl (C=O) groups is 3. The van der Waals surface area contributed by atoms with Gasteiger partial charge in [-0.3, -0.25) is 14.4 Å². The lowest BCUT2D eigenvalue weighted by atomic mass is 9.77. The SMILES string of the molecule is C=CCC1C(=O)C(NC(=O)[C@@H]2CCC[C@H]2c2ccccc2)=C(N)C(CC=C)C1=O. The highest BCUT2D eigenvalue weighted by molar-refractivity contribution is 6.16. The number of amides is 1. The molecule has 1 fully saturated rings. The molecule has 1 aromatic rings. The van der Waals surface area contributed by atoms with Gasteiger partial charge < -0.3 is 11.1 Å². The Balaban J connectivity index is 1.87. The minimum atomic E-state index is -0.853. The smallest absolute Gasteiger partial charge is 0.228 e. The van der Waals surface area contributed by atoms with Crippen LogP contribution in [0.25, 0.3) is 0 Å². The van der Waals surface area contributed by atoms with Crippen molar-refractivity contribution in [2.24, 2.45) is 23.5 Å². The minimum absolute atomic E-state index is 0.0759. The van der Waals surface area contributed by atoms with Crippen molar-refractivity contribution in [3.05, 3.63) is 72.6 Å². The van der Waals surface area contributed by atoms with Gasteiger partial charge in [0, 0.05) is 11.6 Å². The number of Topliss-reactive ketones (excluding diaryl/α,β-unsaturated/α-hetero) is 2. The van der Waals surface area contributed by atoms with Crippen molar-refractivity contribution < 1.29 is 14.4 Å². The molecule has 1 saturated carbocycles. The van der Waals surface area contributed by atoms with Gasteiger partial charge in [-0.1, -0.05) is 48.9 Å². The molecule has 3 N–H and O–H groups in total. The van der Waals surface area contributed by atoms with Crippen molar-refractivity contribution in [1.82, 2.24) is 5.32 Å². The molecule has 5 nitrogen and oxygen atoms in total. The zero-order chi connectivity index (χ0) is 21.0. The topological polar surface area (TPSA) is 89.3 Å². The van der Waals surface area contributed by atoms with Crippen LogP contribution in [0.2, 0.25) is 0 Å². The number of hydrogen-bond donors (Lipinski definition) is 2. The summed E-state index contributed by atoms with van der Waals surface area (Å²) in [7, 11) is 0. The Morgan fingerprint density at radius 2 is 1.72 bits per heavy atom. The number of hydrogen-bond acceptors (Lipinski definition) is 4. The van der Waals surface area contributed by atoms with E-state index in [1.165, 1.54) is 0 Å². The van der Waals surface area contributed by atoms with Gasteiger partial charge in [0.2, 0.25) is 5.91 Å². The molecule has 29 heavy (non-hydrogen) atoms. The maximum Gasteiger partial charge on any atom is 0.228 e. The fraction of sp³-hybridized carbons (Fsp3) is 0.375. The average Bonchev–Trinajstić information content (AvgIpc) is 3.22. The molecule has 0 aromatic heterocycles. The summed E-state index contributed by atoms with van der Waals surface area (Å²) in [5, 5.41) is 2.80. The van der Waals surface area contributed by atoms with Gasteiger partial charge in [0.15, 0.2) is 11.6 Å². The maximum atomic E-state index is 13.1. The van der Waals surface area contributed by atoms with Crippen molar-refractivity contribution in [2.75, 3.05) is 0 Å². The molecule has 3 rings (SSSR count). The Morgan fingerprint density at radius 3 is 2.38 bits per heavy atom. The number of allylic oxidation sites excluding steroid dienone is 4. The van der Waals surface area contributed by atoms with E-state index in [1.54, 1.807) is 12.2 Å². The predicted molar refractivity (Wildman–Crippen MR) is 113 cm³/mol. The monoisotopic (exact) mass is 392 g/mol. The van der Waals surface area contributed by atoms with Crippen molar-refractivity contribution in [3.63, 3.8) is 0 Å². The first kappa shape index (κ1) is 20.8. The summed E-state index contributed by atoms with van der Waals surface area (Å²) in [5.74, 6) is -2.45. The first-order valence-electron chi connectivity index (χ1n) is 10.1. The molecule has 0 saturated heterocycles. The summed E-state index contributed by atoms with van der Waals surface area (Å²) in [5.41, 5.74) is 7.54. The number of nitrogens with one attached hydrogen (secondary N) is 1. The lowest BCUT2D eigenvalue weighted by Gasteiger charge is -2.30. The van der Waals surface area contributed by atoms with E-state index in [0.717, 1.165) is 24.8 Å². The largest absolute Gasteiger partial charge is 0.400 e. The van der Waals surface area contributed by atoms with Gasteiger partial charge in [-0.2, -0.15) is 0 Å². The summed E-state index contributed by atoms with van der Waals surface area (Å²) in [4.78, 5) is 38.8. The Bertz CT molecular complexity index is 856. The Labute approximate surface area is 171 Å². The maximum absolute atomic E-state index is 13.1. The first-order valence-corrected chi connectivity index (χ1v) is 10.1. The summed E-state index contributed by atoms with van der Waals surface area (Å²) in [6.07, 6.45) is 6.37. The Morgan fingerprint density at radius 1 is 1.07 bits per heavy atom.